The lowest BCUT2D eigenvalue weighted by Gasteiger charge is -2.10. The highest BCUT2D eigenvalue weighted by Gasteiger charge is 2.12. The molecular weight excluding hydrogens is 244 g/mol. The number of aromatic carboxylic acids is 1. The van der Waals surface area contributed by atoms with Crippen LogP contribution < -0.4 is 5.32 Å². The molecule has 0 aliphatic carbocycles. The second-order valence-electron chi connectivity index (χ2n) is 4.28. The summed E-state index contributed by atoms with van der Waals surface area (Å²) in [6.45, 7) is 3.89. The maximum Gasteiger partial charge on any atom is 0.354 e. The maximum atomic E-state index is 11.1. The van der Waals surface area contributed by atoms with Gasteiger partial charge in [-0.15, -0.1) is 0 Å². The predicted octanol–water partition coefficient (Wildman–Crippen LogP) is 2.06. The summed E-state index contributed by atoms with van der Waals surface area (Å²) in [6.07, 6.45) is 1.61. The summed E-state index contributed by atoms with van der Waals surface area (Å²) < 4.78 is 0. The summed E-state index contributed by atoms with van der Waals surface area (Å²) in [7, 11) is 0. The number of pyridine rings is 1. The molecule has 0 saturated heterocycles. The minimum Gasteiger partial charge on any atom is -0.477 e. The third kappa shape index (κ3) is 3.25. The van der Waals surface area contributed by atoms with Crippen molar-refractivity contribution in [2.45, 2.75) is 19.9 Å². The molecule has 0 bridgehead atoms. The summed E-state index contributed by atoms with van der Waals surface area (Å²) in [5.74, 6) is -0.321. The normalized spacial score (nSPS) is 10.5. The first-order valence-electron chi connectivity index (χ1n) is 5.86. The fourth-order valence-electron chi connectivity index (χ4n) is 1.54. The van der Waals surface area contributed by atoms with Gasteiger partial charge in [0, 0.05) is 18.3 Å². The Bertz CT molecular complexity index is 584. The lowest BCUT2D eigenvalue weighted by atomic mass is 10.3. The zero-order valence-electron chi connectivity index (χ0n) is 10.7. The van der Waals surface area contributed by atoms with E-state index in [4.69, 9.17) is 5.11 Å². The van der Waals surface area contributed by atoms with Gasteiger partial charge >= 0.3 is 5.97 Å². The molecule has 2 heterocycles. The minimum atomic E-state index is -1.09. The Morgan fingerprint density at radius 1 is 1.32 bits per heavy atom. The first kappa shape index (κ1) is 12.9. The Hall–Kier alpha value is -2.50. The highest BCUT2D eigenvalue weighted by Crippen LogP contribution is 2.16. The van der Waals surface area contributed by atoms with Crippen molar-refractivity contribution in [2.24, 2.45) is 0 Å². The van der Waals surface area contributed by atoms with Gasteiger partial charge in [-0.1, -0.05) is 6.07 Å². The van der Waals surface area contributed by atoms with Crippen LogP contribution in [0.1, 0.15) is 24.3 Å². The van der Waals surface area contributed by atoms with Gasteiger partial charge in [0.2, 0.25) is 0 Å². The maximum absolute atomic E-state index is 11.1. The zero-order valence-corrected chi connectivity index (χ0v) is 10.7. The van der Waals surface area contributed by atoms with Crippen LogP contribution in [0.4, 0.5) is 5.82 Å². The van der Waals surface area contributed by atoms with E-state index in [0.29, 0.717) is 17.3 Å². The fraction of sp³-hybridized carbons (Fsp3) is 0.231. The average molecular weight is 258 g/mol. The van der Waals surface area contributed by atoms with Crippen molar-refractivity contribution in [1.29, 1.82) is 0 Å². The standard InChI is InChI=1S/C13H14N4O2/c1-8(2)15-11-7-10(13(18)19)16-12(17-11)9-5-3-4-6-14-9/h3-8H,1-2H3,(H,18,19)(H,15,16,17). The van der Waals surface area contributed by atoms with Crippen LogP contribution in [-0.2, 0) is 0 Å². The number of hydrogen-bond acceptors (Lipinski definition) is 5. The van der Waals surface area contributed by atoms with Crippen molar-refractivity contribution in [3.05, 3.63) is 36.2 Å². The van der Waals surface area contributed by atoms with Gasteiger partial charge in [0.05, 0.1) is 0 Å². The van der Waals surface area contributed by atoms with E-state index in [1.807, 2.05) is 13.8 Å². The summed E-state index contributed by atoms with van der Waals surface area (Å²) >= 11 is 0. The highest BCUT2D eigenvalue weighted by molar-refractivity contribution is 5.86. The quantitative estimate of drug-likeness (QED) is 0.872. The molecule has 19 heavy (non-hydrogen) atoms. The number of nitrogens with zero attached hydrogens (tertiary/aromatic N) is 3. The Balaban J connectivity index is 2.48. The number of aromatic nitrogens is 3. The number of carbonyl (C=O) groups is 1. The number of anilines is 1. The van der Waals surface area contributed by atoms with Crippen molar-refractivity contribution >= 4 is 11.8 Å². The molecule has 0 amide bonds. The van der Waals surface area contributed by atoms with E-state index < -0.39 is 5.97 Å². The monoisotopic (exact) mass is 258 g/mol. The molecule has 0 radical (unpaired) electrons. The van der Waals surface area contributed by atoms with Crippen LogP contribution in [0.3, 0.4) is 0 Å². The van der Waals surface area contributed by atoms with E-state index >= 15 is 0 Å². The van der Waals surface area contributed by atoms with E-state index in [-0.39, 0.29) is 11.7 Å². The van der Waals surface area contributed by atoms with Crippen LogP contribution in [0, 0.1) is 0 Å². The van der Waals surface area contributed by atoms with Gasteiger partial charge in [0.1, 0.15) is 11.5 Å². The van der Waals surface area contributed by atoms with Gasteiger partial charge in [0.15, 0.2) is 11.5 Å². The predicted molar refractivity (Wildman–Crippen MR) is 71.0 cm³/mol. The summed E-state index contributed by atoms with van der Waals surface area (Å²) in [5, 5.41) is 12.1. The molecule has 6 nitrogen and oxygen atoms in total. The minimum absolute atomic E-state index is 0.0567. The third-order valence-electron chi connectivity index (χ3n) is 2.28. The Kier molecular flexibility index (Phi) is 3.70. The van der Waals surface area contributed by atoms with Gasteiger partial charge in [-0.2, -0.15) is 0 Å². The molecule has 0 fully saturated rings. The second-order valence-corrected chi connectivity index (χ2v) is 4.28. The molecule has 2 aromatic heterocycles. The molecule has 0 atom stereocenters. The lowest BCUT2D eigenvalue weighted by molar-refractivity contribution is 0.0690. The van der Waals surface area contributed by atoms with E-state index in [1.165, 1.54) is 6.07 Å². The third-order valence-corrected chi connectivity index (χ3v) is 2.28. The van der Waals surface area contributed by atoms with Gasteiger partial charge in [-0.3, -0.25) is 4.98 Å². The SMILES string of the molecule is CC(C)Nc1cc(C(=O)O)nc(-c2ccccn2)n1. The smallest absolute Gasteiger partial charge is 0.354 e. The van der Waals surface area contributed by atoms with Gasteiger partial charge < -0.3 is 10.4 Å². The number of hydrogen-bond donors (Lipinski definition) is 2. The van der Waals surface area contributed by atoms with E-state index in [0.717, 1.165) is 0 Å². The molecule has 0 aliphatic heterocycles. The average Bonchev–Trinajstić information content (AvgIpc) is 2.38. The van der Waals surface area contributed by atoms with Crippen LogP contribution in [0.25, 0.3) is 11.5 Å². The van der Waals surface area contributed by atoms with Crippen molar-refractivity contribution < 1.29 is 9.90 Å². The topological polar surface area (TPSA) is 88.0 Å². The Labute approximate surface area is 110 Å². The van der Waals surface area contributed by atoms with Crippen molar-refractivity contribution in [2.75, 3.05) is 5.32 Å². The van der Waals surface area contributed by atoms with Crippen molar-refractivity contribution in [1.82, 2.24) is 15.0 Å². The zero-order chi connectivity index (χ0) is 13.8. The Morgan fingerprint density at radius 3 is 2.68 bits per heavy atom. The number of carboxylic acid groups (broad SMARTS) is 1. The number of carboxylic acids is 1. The summed E-state index contributed by atoms with van der Waals surface area (Å²) in [4.78, 5) is 23.5. The molecule has 98 valence electrons. The van der Waals surface area contributed by atoms with Crippen LogP contribution in [-0.4, -0.2) is 32.1 Å². The molecule has 6 heteroatoms. The highest BCUT2D eigenvalue weighted by atomic mass is 16.4. The molecule has 0 aliphatic rings. The Morgan fingerprint density at radius 2 is 2.11 bits per heavy atom. The van der Waals surface area contributed by atoms with Crippen LogP contribution in [0.2, 0.25) is 0 Å². The molecule has 0 saturated carbocycles. The number of nitrogens with one attached hydrogen (secondary N) is 1. The molecule has 2 rings (SSSR count). The van der Waals surface area contributed by atoms with Gasteiger partial charge in [-0.25, -0.2) is 14.8 Å². The molecule has 0 spiro atoms. The van der Waals surface area contributed by atoms with E-state index in [9.17, 15) is 4.79 Å². The summed E-state index contributed by atoms with van der Waals surface area (Å²) in [5.41, 5.74) is 0.483. The first-order valence-corrected chi connectivity index (χ1v) is 5.86. The molecule has 2 N–H and O–H groups in total. The lowest BCUT2D eigenvalue weighted by Crippen LogP contribution is -2.13. The largest absolute Gasteiger partial charge is 0.477 e. The first-order chi connectivity index (χ1) is 9.06. The van der Waals surface area contributed by atoms with Crippen LogP contribution in [0.15, 0.2) is 30.5 Å². The van der Waals surface area contributed by atoms with E-state index in [2.05, 4.69) is 20.3 Å². The molecule has 2 aromatic rings. The van der Waals surface area contributed by atoms with Gasteiger partial charge in [-0.05, 0) is 26.0 Å². The molecule has 0 aromatic carbocycles. The molecule has 0 unspecified atom stereocenters. The fourth-order valence-corrected chi connectivity index (χ4v) is 1.54. The molecular formula is C13H14N4O2. The van der Waals surface area contributed by atoms with Crippen molar-refractivity contribution in [3.8, 4) is 11.5 Å². The number of rotatable bonds is 4. The summed E-state index contributed by atoms with van der Waals surface area (Å²) in [6, 6.07) is 6.87. The second kappa shape index (κ2) is 5.43. The van der Waals surface area contributed by atoms with Crippen molar-refractivity contribution in [3.63, 3.8) is 0 Å². The van der Waals surface area contributed by atoms with Crippen LogP contribution in [0.5, 0.6) is 0 Å². The van der Waals surface area contributed by atoms with Gasteiger partial charge in [0.25, 0.3) is 0 Å². The van der Waals surface area contributed by atoms with Crippen LogP contribution >= 0.6 is 0 Å². The van der Waals surface area contributed by atoms with E-state index in [1.54, 1.807) is 24.4 Å².